The molecule has 210 valence electrons. The lowest BCUT2D eigenvalue weighted by Gasteiger charge is -2.27. The van der Waals surface area contributed by atoms with E-state index in [0.29, 0.717) is 12.2 Å². The maximum atomic E-state index is 13.6. The molecule has 0 heterocycles. The molecule has 4 nitrogen and oxygen atoms in total. The molecule has 0 saturated carbocycles. The highest BCUT2D eigenvalue weighted by molar-refractivity contribution is 5.92. The van der Waals surface area contributed by atoms with Crippen molar-refractivity contribution in [2.45, 2.75) is 36.4 Å². The van der Waals surface area contributed by atoms with Crippen LogP contribution in [0.4, 0.5) is 26.3 Å². The van der Waals surface area contributed by atoms with Crippen molar-refractivity contribution in [3.63, 3.8) is 0 Å². The lowest BCUT2D eigenvalue weighted by atomic mass is 9.91. The van der Waals surface area contributed by atoms with Crippen molar-refractivity contribution in [2.75, 3.05) is 0 Å². The highest BCUT2D eigenvalue weighted by atomic mass is 19.4. The Balaban J connectivity index is 2.21. The Morgan fingerprint density at radius 3 is 1.23 bits per heavy atom. The second-order valence-corrected chi connectivity index (χ2v) is 8.51. The summed E-state index contributed by atoms with van der Waals surface area (Å²) in [6.07, 6.45) is -5.54. The molecule has 2 rings (SSSR count). The molecule has 0 aromatic heterocycles. The molecule has 2 atom stereocenters. The second kappa shape index (κ2) is 13.7. The topological polar surface area (TPSA) is 74.6 Å². The van der Waals surface area contributed by atoms with Crippen LogP contribution in [0.3, 0.4) is 0 Å². The van der Waals surface area contributed by atoms with Gasteiger partial charge in [-0.3, -0.25) is 9.59 Å². The average Bonchev–Trinajstić information content (AvgIpc) is 2.88. The van der Waals surface area contributed by atoms with Crippen LogP contribution in [0.2, 0.25) is 0 Å². The van der Waals surface area contributed by atoms with Crippen LogP contribution in [0, 0.1) is 11.8 Å². The van der Waals surface area contributed by atoms with Gasteiger partial charge in [-0.25, -0.2) is 0 Å². The third-order valence-electron chi connectivity index (χ3n) is 5.24. The van der Waals surface area contributed by atoms with Gasteiger partial charge in [-0.1, -0.05) is 109 Å². The Morgan fingerprint density at radius 2 is 0.925 bits per heavy atom. The predicted molar refractivity (Wildman–Crippen MR) is 138 cm³/mol. The SMILES string of the molecule is O=C(/C=C/C=C/c1ccccc1)CC(O)(C#CC(O)(CC(=O)/C=C/C=C/c1ccccc1)C(F)(F)F)C(F)(F)F. The first kappa shape index (κ1) is 32.0. The predicted octanol–water partition coefficient (Wildman–Crippen LogP) is 6.03. The van der Waals surface area contributed by atoms with Crippen LogP contribution in [0.1, 0.15) is 24.0 Å². The summed E-state index contributed by atoms with van der Waals surface area (Å²) in [5.41, 5.74) is -7.01. The molecule has 2 N–H and O–H groups in total. The summed E-state index contributed by atoms with van der Waals surface area (Å²) in [4.78, 5) is 24.1. The number of alkyl halides is 6. The Hall–Kier alpha value is -4.20. The van der Waals surface area contributed by atoms with Gasteiger partial charge in [-0.2, -0.15) is 26.3 Å². The largest absolute Gasteiger partial charge is 0.429 e. The number of carbonyl (C=O) groups excluding carboxylic acids is 2. The van der Waals surface area contributed by atoms with Crippen LogP contribution in [0.25, 0.3) is 12.2 Å². The van der Waals surface area contributed by atoms with E-state index in [-0.39, 0.29) is 0 Å². The zero-order valence-corrected chi connectivity index (χ0v) is 20.8. The molecule has 0 bridgehead atoms. The van der Waals surface area contributed by atoms with E-state index in [4.69, 9.17) is 0 Å². The molecule has 0 aliphatic rings. The van der Waals surface area contributed by atoms with Crippen LogP contribution in [-0.4, -0.2) is 45.3 Å². The normalized spacial score (nSPS) is 15.7. The smallest absolute Gasteiger partial charge is 0.369 e. The molecule has 0 aliphatic heterocycles. The van der Waals surface area contributed by atoms with Gasteiger partial charge in [0.25, 0.3) is 0 Å². The van der Waals surface area contributed by atoms with Crippen molar-refractivity contribution in [1.29, 1.82) is 0 Å². The van der Waals surface area contributed by atoms with E-state index in [1.54, 1.807) is 60.7 Å². The number of allylic oxidation sites excluding steroid dienone is 6. The maximum absolute atomic E-state index is 13.6. The van der Waals surface area contributed by atoms with Gasteiger partial charge in [0.15, 0.2) is 11.6 Å². The Kier molecular flexibility index (Phi) is 11.0. The molecule has 0 saturated heterocycles. The first-order chi connectivity index (χ1) is 18.7. The molecule has 40 heavy (non-hydrogen) atoms. The molecule has 0 amide bonds. The Morgan fingerprint density at radius 1 is 0.600 bits per heavy atom. The van der Waals surface area contributed by atoms with Gasteiger partial charge in [-0.15, -0.1) is 0 Å². The molecular weight excluding hydrogens is 538 g/mol. The Bertz CT molecular complexity index is 1230. The first-order valence-corrected chi connectivity index (χ1v) is 11.6. The van der Waals surface area contributed by atoms with Gasteiger partial charge in [0.2, 0.25) is 11.2 Å². The number of rotatable bonds is 10. The van der Waals surface area contributed by atoms with E-state index in [0.717, 1.165) is 35.1 Å². The van der Waals surface area contributed by atoms with Gasteiger partial charge in [0.05, 0.1) is 12.8 Å². The number of benzene rings is 2. The van der Waals surface area contributed by atoms with Crippen molar-refractivity contribution in [3.8, 4) is 11.8 Å². The van der Waals surface area contributed by atoms with Crippen LogP contribution in [-0.2, 0) is 9.59 Å². The molecule has 10 heteroatoms. The van der Waals surface area contributed by atoms with Crippen LogP contribution in [0.5, 0.6) is 0 Å². The summed E-state index contributed by atoms with van der Waals surface area (Å²) in [5.74, 6) is -0.655. The van der Waals surface area contributed by atoms with E-state index in [1.165, 1.54) is 24.3 Å². The van der Waals surface area contributed by atoms with Crippen LogP contribution < -0.4 is 0 Å². The molecule has 0 fully saturated rings. The fraction of sp³-hybridized carbons (Fsp3) is 0.200. The summed E-state index contributed by atoms with van der Waals surface area (Å²) in [7, 11) is 0. The van der Waals surface area contributed by atoms with Gasteiger partial charge in [-0.05, 0) is 23.3 Å². The number of aliphatic hydroxyl groups is 2. The summed E-state index contributed by atoms with van der Waals surface area (Å²) >= 11 is 0. The van der Waals surface area contributed by atoms with E-state index < -0.39 is 48.0 Å². The highest BCUT2D eigenvalue weighted by Crippen LogP contribution is 2.36. The van der Waals surface area contributed by atoms with Gasteiger partial charge in [0.1, 0.15) is 0 Å². The number of hydrogen-bond acceptors (Lipinski definition) is 4. The fourth-order valence-electron chi connectivity index (χ4n) is 3.05. The minimum atomic E-state index is -5.66. The molecular formula is C30H24F6O4. The number of ketones is 2. The van der Waals surface area contributed by atoms with Gasteiger partial charge in [0, 0.05) is 0 Å². The summed E-state index contributed by atoms with van der Waals surface area (Å²) in [6, 6.07) is 17.3. The Labute approximate surface area is 226 Å². The van der Waals surface area contributed by atoms with Crippen molar-refractivity contribution < 1.29 is 46.1 Å². The van der Waals surface area contributed by atoms with Gasteiger partial charge >= 0.3 is 12.4 Å². The molecule has 0 spiro atoms. The lowest BCUT2D eigenvalue weighted by molar-refractivity contribution is -0.240. The van der Waals surface area contributed by atoms with Crippen molar-refractivity contribution in [1.82, 2.24) is 0 Å². The summed E-state index contributed by atoms with van der Waals surface area (Å²) < 4.78 is 81.4. The molecule has 0 radical (unpaired) electrons. The average molecular weight is 563 g/mol. The lowest BCUT2D eigenvalue weighted by Crippen LogP contribution is -2.48. The van der Waals surface area contributed by atoms with Crippen LogP contribution in [0.15, 0.2) is 97.1 Å². The van der Waals surface area contributed by atoms with E-state index >= 15 is 0 Å². The van der Waals surface area contributed by atoms with Gasteiger partial charge < -0.3 is 10.2 Å². The highest BCUT2D eigenvalue weighted by Gasteiger charge is 2.57. The minimum absolute atomic E-state index is 0.686. The standard InChI is InChI=1S/C30H24F6O4/c31-29(32,33)27(39,21-25(37)17-9-7-15-23-11-3-1-4-12-23)19-20-28(40,30(34,35)36)22-26(38)18-10-8-16-24-13-5-2-6-14-24/h1-18,39-40H,21-22H2/b15-7+,16-8+,17-9+,18-10+. The summed E-state index contributed by atoms with van der Waals surface area (Å²) in [5, 5.41) is 20.1. The molecule has 2 aromatic rings. The first-order valence-electron chi connectivity index (χ1n) is 11.6. The molecule has 2 unspecified atom stereocenters. The van der Waals surface area contributed by atoms with Crippen LogP contribution >= 0.6 is 0 Å². The maximum Gasteiger partial charge on any atom is 0.429 e. The van der Waals surface area contributed by atoms with Crippen molar-refractivity contribution in [2.24, 2.45) is 0 Å². The van der Waals surface area contributed by atoms with Crippen molar-refractivity contribution >= 4 is 23.7 Å². The second-order valence-electron chi connectivity index (χ2n) is 8.51. The minimum Gasteiger partial charge on any atom is -0.369 e. The zero-order valence-electron chi connectivity index (χ0n) is 20.8. The number of halogens is 6. The van der Waals surface area contributed by atoms with E-state index in [2.05, 4.69) is 0 Å². The van der Waals surface area contributed by atoms with Crippen molar-refractivity contribution in [3.05, 3.63) is 108 Å². The number of hydrogen-bond donors (Lipinski definition) is 2. The summed E-state index contributed by atoms with van der Waals surface area (Å²) in [6.45, 7) is 0. The quantitative estimate of drug-likeness (QED) is 0.160. The molecule has 0 aliphatic carbocycles. The van der Waals surface area contributed by atoms with E-state index in [1.807, 2.05) is 0 Å². The zero-order chi connectivity index (χ0) is 29.9. The third-order valence-corrected chi connectivity index (χ3v) is 5.24. The fourth-order valence-corrected chi connectivity index (χ4v) is 3.05. The number of carbonyl (C=O) groups is 2. The van der Waals surface area contributed by atoms with E-state index in [9.17, 15) is 46.1 Å². The third kappa shape index (κ3) is 9.84. The molecule has 2 aromatic carbocycles. The monoisotopic (exact) mass is 562 g/mol.